The van der Waals surface area contributed by atoms with Crippen molar-refractivity contribution in [3.63, 3.8) is 0 Å². The zero-order valence-corrected chi connectivity index (χ0v) is 27.5. The third kappa shape index (κ3) is 3.57. The van der Waals surface area contributed by atoms with Crippen LogP contribution in [0.5, 0.6) is 0 Å². The van der Waals surface area contributed by atoms with Crippen LogP contribution in [0.3, 0.4) is 0 Å². The van der Waals surface area contributed by atoms with Gasteiger partial charge in [0.05, 0.1) is 27.8 Å². The first-order valence-electron chi connectivity index (χ1n) is 17.5. The normalized spacial score (nSPS) is 12.3. The number of rotatable bonds is 3. The summed E-state index contributed by atoms with van der Waals surface area (Å²) in [6, 6.07) is 61.6. The summed E-state index contributed by atoms with van der Waals surface area (Å²) >= 11 is 0. The van der Waals surface area contributed by atoms with Crippen molar-refractivity contribution in [3.8, 4) is 22.5 Å². The molecule has 0 saturated carbocycles. The zero-order valence-electron chi connectivity index (χ0n) is 27.5. The zero-order chi connectivity index (χ0) is 33.2. The Balaban J connectivity index is 1.27. The summed E-state index contributed by atoms with van der Waals surface area (Å²) in [4.78, 5) is 0. The average molecular weight is 649 g/mol. The molecule has 0 saturated heterocycles. The highest BCUT2D eigenvalue weighted by Gasteiger charge is 2.24. The summed E-state index contributed by atoms with van der Waals surface area (Å²) in [6.45, 7) is 0. The molecule has 0 amide bonds. The van der Waals surface area contributed by atoms with E-state index in [1.807, 2.05) is 0 Å². The molecule has 0 N–H and O–H groups in total. The lowest BCUT2D eigenvalue weighted by Crippen LogP contribution is -1.99. The Morgan fingerprint density at radius 2 is 0.804 bits per heavy atom. The number of benzene rings is 9. The van der Waals surface area contributed by atoms with Crippen LogP contribution in [0.25, 0.3) is 110 Å². The lowest BCUT2D eigenvalue weighted by Gasteiger charge is -2.14. The second kappa shape index (κ2) is 9.87. The average Bonchev–Trinajstić information content (AvgIpc) is 3.85. The second-order valence-electron chi connectivity index (χ2n) is 13.7. The van der Waals surface area contributed by atoms with Crippen LogP contribution in [-0.4, -0.2) is 9.13 Å². The van der Waals surface area contributed by atoms with Crippen LogP contribution in [0.15, 0.2) is 174 Å². The van der Waals surface area contributed by atoms with Crippen LogP contribution in [-0.2, 0) is 0 Å². The maximum absolute atomic E-state index is 6.92. The molecule has 0 radical (unpaired) electrons. The Bertz CT molecular complexity index is 3340. The smallest absolute Gasteiger partial charge is 0.138 e. The van der Waals surface area contributed by atoms with Gasteiger partial charge in [0.15, 0.2) is 0 Å². The number of hydrogen-bond donors (Lipinski definition) is 0. The van der Waals surface area contributed by atoms with E-state index >= 15 is 0 Å². The highest BCUT2D eigenvalue weighted by molar-refractivity contribution is 6.34. The molecule has 236 valence electrons. The quantitative estimate of drug-likeness (QED) is 0.175. The molecule has 0 spiro atoms. The van der Waals surface area contributed by atoms with Gasteiger partial charge in [0.1, 0.15) is 11.2 Å². The van der Waals surface area contributed by atoms with Gasteiger partial charge in [0.2, 0.25) is 0 Å². The molecule has 12 aromatic rings. The van der Waals surface area contributed by atoms with Gasteiger partial charge in [-0.15, -0.1) is 0 Å². The number of fused-ring (bicyclic) bond motifs is 10. The molecular weight excluding hydrogens is 621 g/mol. The van der Waals surface area contributed by atoms with Crippen molar-refractivity contribution in [2.45, 2.75) is 0 Å². The van der Waals surface area contributed by atoms with E-state index in [4.69, 9.17) is 4.42 Å². The van der Waals surface area contributed by atoms with Gasteiger partial charge in [-0.3, -0.25) is 0 Å². The van der Waals surface area contributed by atoms with Crippen LogP contribution in [0.4, 0.5) is 0 Å². The van der Waals surface area contributed by atoms with E-state index in [-0.39, 0.29) is 0 Å². The molecule has 0 aliphatic carbocycles. The third-order valence-electron chi connectivity index (χ3n) is 11.0. The van der Waals surface area contributed by atoms with Crippen molar-refractivity contribution in [2.75, 3.05) is 0 Å². The Morgan fingerprint density at radius 1 is 0.314 bits per heavy atom. The van der Waals surface area contributed by atoms with Gasteiger partial charge in [-0.25, -0.2) is 0 Å². The highest BCUT2D eigenvalue weighted by Crippen LogP contribution is 2.47. The van der Waals surface area contributed by atoms with Crippen molar-refractivity contribution in [3.05, 3.63) is 170 Å². The maximum Gasteiger partial charge on any atom is 0.138 e. The predicted molar refractivity (Wildman–Crippen MR) is 214 cm³/mol. The molecule has 3 nitrogen and oxygen atoms in total. The lowest BCUT2D eigenvalue weighted by molar-refractivity contribution is 0.669. The molecule has 0 aliphatic rings. The van der Waals surface area contributed by atoms with E-state index in [0.717, 1.165) is 28.1 Å². The number of hydrogen-bond acceptors (Lipinski definition) is 1. The first-order chi connectivity index (χ1) is 25.3. The summed E-state index contributed by atoms with van der Waals surface area (Å²) in [7, 11) is 0. The Morgan fingerprint density at radius 3 is 1.43 bits per heavy atom. The summed E-state index contributed by atoms with van der Waals surface area (Å²) < 4.78 is 11.8. The van der Waals surface area contributed by atoms with Crippen LogP contribution < -0.4 is 0 Å². The van der Waals surface area contributed by atoms with Gasteiger partial charge in [0.25, 0.3) is 0 Å². The molecule has 0 fully saturated rings. The fourth-order valence-corrected chi connectivity index (χ4v) is 8.93. The van der Waals surface area contributed by atoms with Gasteiger partial charge in [-0.1, -0.05) is 121 Å². The van der Waals surface area contributed by atoms with Gasteiger partial charge < -0.3 is 13.6 Å². The minimum absolute atomic E-state index is 0.903. The Kier molecular flexibility index (Phi) is 5.23. The van der Waals surface area contributed by atoms with Gasteiger partial charge >= 0.3 is 0 Å². The van der Waals surface area contributed by atoms with Crippen molar-refractivity contribution in [1.82, 2.24) is 9.13 Å². The van der Waals surface area contributed by atoms with Gasteiger partial charge in [0, 0.05) is 44.1 Å². The Hall–Kier alpha value is -6.84. The first kappa shape index (κ1) is 27.0. The molecule has 3 aromatic heterocycles. The first-order valence-corrected chi connectivity index (χ1v) is 17.5. The van der Waals surface area contributed by atoms with Crippen LogP contribution in [0, 0.1) is 0 Å². The van der Waals surface area contributed by atoms with E-state index < -0.39 is 0 Å². The summed E-state index contributed by atoms with van der Waals surface area (Å²) in [5, 5.41) is 12.2. The van der Waals surface area contributed by atoms with Crippen molar-refractivity contribution in [1.29, 1.82) is 0 Å². The molecule has 3 heteroatoms. The summed E-state index contributed by atoms with van der Waals surface area (Å²) in [5.41, 5.74) is 11.1. The van der Waals surface area contributed by atoms with Crippen LogP contribution >= 0.6 is 0 Å². The van der Waals surface area contributed by atoms with Crippen LogP contribution in [0.2, 0.25) is 0 Å². The summed E-state index contributed by atoms with van der Waals surface area (Å²) in [6.07, 6.45) is 0. The molecule has 0 atom stereocenters. The van der Waals surface area contributed by atoms with Crippen molar-refractivity contribution in [2.24, 2.45) is 0 Å². The molecule has 0 bridgehead atoms. The molecular formula is C48H28N2O. The topological polar surface area (TPSA) is 23.0 Å². The lowest BCUT2D eigenvalue weighted by atomic mass is 9.92. The minimum atomic E-state index is 0.903. The minimum Gasteiger partial charge on any atom is -0.456 e. The number of furan rings is 1. The SMILES string of the molecule is c1ccc(-c2cc3oc4cc(-n5c6ccccc6c6ccc7c8ccccc8n(-c8ccccc8)c7c65)cc5c6ccccc6c(c2)c3c45)cc1. The van der Waals surface area contributed by atoms with Crippen molar-refractivity contribution < 1.29 is 4.42 Å². The number of aromatic nitrogens is 2. The molecule has 51 heavy (non-hydrogen) atoms. The van der Waals surface area contributed by atoms with E-state index in [1.54, 1.807) is 0 Å². The standard InChI is InChI=1S/C48H28N2O/c1-3-13-29(14-4-1)30-25-39-33-17-7-8-18-34(33)40-27-32(28-44-46(40)45(39)43(26-30)51-44)50-42-22-12-10-20-36(42)38-24-23-37-35-19-9-11-21-41(35)49(47(37)48(38)50)31-15-5-2-6-16-31/h1-28H. The fourth-order valence-electron chi connectivity index (χ4n) is 8.93. The Labute approximate surface area is 292 Å². The van der Waals surface area contributed by atoms with Crippen molar-refractivity contribution >= 4 is 87.1 Å². The molecule has 12 rings (SSSR count). The number of nitrogens with zero attached hydrogens (tertiary/aromatic N) is 2. The van der Waals surface area contributed by atoms with Crippen LogP contribution in [0.1, 0.15) is 0 Å². The van der Waals surface area contributed by atoms with Gasteiger partial charge in [-0.05, 0) is 75.1 Å². The maximum atomic E-state index is 6.92. The van der Waals surface area contributed by atoms with E-state index in [1.165, 1.54) is 81.5 Å². The van der Waals surface area contributed by atoms with E-state index in [2.05, 4.69) is 179 Å². The molecule has 9 aromatic carbocycles. The highest BCUT2D eigenvalue weighted by atomic mass is 16.3. The predicted octanol–water partition coefficient (Wildman–Crippen LogP) is 13.2. The van der Waals surface area contributed by atoms with Gasteiger partial charge in [-0.2, -0.15) is 0 Å². The number of para-hydroxylation sites is 3. The second-order valence-corrected chi connectivity index (χ2v) is 13.7. The molecule has 3 heterocycles. The fraction of sp³-hybridized carbons (Fsp3) is 0. The van der Waals surface area contributed by atoms with E-state index in [9.17, 15) is 0 Å². The largest absolute Gasteiger partial charge is 0.456 e. The molecule has 0 aliphatic heterocycles. The monoisotopic (exact) mass is 648 g/mol. The van der Waals surface area contributed by atoms with E-state index in [0.29, 0.717) is 0 Å². The summed E-state index contributed by atoms with van der Waals surface area (Å²) in [5.74, 6) is 0. The molecule has 0 unspecified atom stereocenters. The third-order valence-corrected chi connectivity index (χ3v) is 11.0.